The molecule has 0 saturated carbocycles. The SMILES string of the molecule is CC(C)(C)c1ccc(C(C)(C)C)c(N=C(c2ccccc2)c2cccc(C(=Nc3cc(C(C)(C)C)ccc3C(C)(C)C)c3ccccc3)n2)c1.ClCCl.ClCCl.[Br-].[Br-].[Cu+2]. The van der Waals surface area contributed by atoms with Gasteiger partial charge in [0, 0.05) is 11.1 Å². The summed E-state index contributed by atoms with van der Waals surface area (Å²) in [7, 11) is 0. The number of benzene rings is 4. The Morgan fingerprint density at radius 2 is 0.746 bits per heavy atom. The van der Waals surface area contributed by atoms with Gasteiger partial charge in [-0.05, 0) is 68.2 Å². The Morgan fingerprint density at radius 1 is 0.441 bits per heavy atom. The number of aliphatic imine (C=N–C) groups is 2. The van der Waals surface area contributed by atoms with Crippen molar-refractivity contribution >= 4 is 69.2 Å². The van der Waals surface area contributed by atoms with Gasteiger partial charge in [0.05, 0.1) is 44.9 Å². The first kappa shape index (κ1) is 57.0. The second kappa shape index (κ2) is 25.2. The Hall–Kier alpha value is -1.99. The molecule has 3 nitrogen and oxygen atoms in total. The van der Waals surface area contributed by atoms with Crippen LogP contribution in [0.15, 0.2) is 125 Å². The van der Waals surface area contributed by atoms with Crippen molar-refractivity contribution in [2.24, 2.45) is 9.98 Å². The van der Waals surface area contributed by atoms with E-state index in [2.05, 4.69) is 186 Å². The maximum Gasteiger partial charge on any atom is 2.00 e. The number of hydrogen-bond donors (Lipinski definition) is 0. The summed E-state index contributed by atoms with van der Waals surface area (Å²) in [5.41, 5.74) is 12.0. The molecule has 0 aliphatic carbocycles. The summed E-state index contributed by atoms with van der Waals surface area (Å²) >= 11 is 19.1. The fourth-order valence-corrected chi connectivity index (χ4v) is 6.12. The monoisotopic (exact) mass is 1050 g/mol. The molecule has 0 saturated heterocycles. The summed E-state index contributed by atoms with van der Waals surface area (Å²) in [6.45, 7) is 27.0. The van der Waals surface area contributed by atoms with Gasteiger partial charge in [-0.1, -0.05) is 174 Å². The standard InChI is InChI=1S/C47H55N3.2CH2Cl2.2BrH.Cu/c1-44(2,3)34-26-28-36(46(7,8)9)40(30-34)49-42(32-20-15-13-16-21-32)38-24-19-25-39(48-38)43(33-22-17-14-18-23-33)50-41-31-35(45(4,5)6)27-29-37(41)47(10,11)12;2*2-1-3;;;/h13-31H,1-12H3;2*1H2;2*1H;/q;;;;;+2/p-2. The van der Waals surface area contributed by atoms with Crippen molar-refractivity contribution in [2.75, 3.05) is 10.7 Å². The van der Waals surface area contributed by atoms with Gasteiger partial charge in [-0.2, -0.15) is 0 Å². The molecular formula is C49H59Br2Cl4CuN3. The summed E-state index contributed by atoms with van der Waals surface area (Å²) in [5.74, 6) is 0. The molecule has 0 aliphatic heterocycles. The smallest absolute Gasteiger partial charge is 1.00 e. The number of hydrogen-bond acceptors (Lipinski definition) is 3. The molecule has 0 aliphatic rings. The Bertz CT molecular complexity index is 1930. The van der Waals surface area contributed by atoms with Gasteiger partial charge in [-0.3, -0.25) is 0 Å². The minimum Gasteiger partial charge on any atom is -1.00 e. The molecule has 0 fully saturated rings. The van der Waals surface area contributed by atoms with Crippen molar-refractivity contribution in [3.05, 3.63) is 160 Å². The molecule has 0 amide bonds. The summed E-state index contributed by atoms with van der Waals surface area (Å²) < 4.78 is 0. The number of pyridine rings is 1. The van der Waals surface area contributed by atoms with E-state index in [1.807, 2.05) is 12.1 Å². The van der Waals surface area contributed by atoms with Crippen LogP contribution < -0.4 is 34.0 Å². The van der Waals surface area contributed by atoms with E-state index in [1.165, 1.54) is 22.3 Å². The van der Waals surface area contributed by atoms with Crippen LogP contribution in [0.25, 0.3) is 0 Å². The molecule has 0 atom stereocenters. The number of halogens is 6. The predicted octanol–water partition coefficient (Wildman–Crippen LogP) is 9.46. The van der Waals surface area contributed by atoms with Crippen LogP contribution in [-0.2, 0) is 38.7 Å². The molecule has 0 spiro atoms. The number of rotatable bonds is 6. The van der Waals surface area contributed by atoms with E-state index in [1.54, 1.807) is 0 Å². The van der Waals surface area contributed by atoms with E-state index in [0.717, 1.165) is 45.3 Å². The molecule has 10 heteroatoms. The van der Waals surface area contributed by atoms with Gasteiger partial charge in [0.25, 0.3) is 0 Å². The second-order valence-electron chi connectivity index (χ2n) is 17.7. The van der Waals surface area contributed by atoms with Crippen molar-refractivity contribution in [1.29, 1.82) is 0 Å². The third-order valence-electron chi connectivity index (χ3n) is 9.14. The van der Waals surface area contributed by atoms with Gasteiger partial charge in [-0.25, -0.2) is 15.0 Å². The third kappa shape index (κ3) is 17.0. The topological polar surface area (TPSA) is 37.6 Å². The molecule has 0 N–H and O–H groups in total. The number of aromatic nitrogens is 1. The maximum atomic E-state index is 5.50. The number of alkyl halides is 4. The van der Waals surface area contributed by atoms with E-state index in [4.69, 9.17) is 61.4 Å². The van der Waals surface area contributed by atoms with Crippen molar-refractivity contribution in [3.63, 3.8) is 0 Å². The maximum absolute atomic E-state index is 5.50. The van der Waals surface area contributed by atoms with Gasteiger partial charge in [0.2, 0.25) is 0 Å². The molecule has 0 bridgehead atoms. The van der Waals surface area contributed by atoms with Crippen molar-refractivity contribution in [2.45, 2.75) is 105 Å². The average molecular weight is 1060 g/mol. The van der Waals surface area contributed by atoms with Gasteiger partial charge in [-0.15, -0.1) is 46.4 Å². The Kier molecular flexibility index (Phi) is 24.4. The molecular weight excluding hydrogens is 996 g/mol. The summed E-state index contributed by atoms with van der Waals surface area (Å²) in [5, 5.41) is 0.389. The van der Waals surface area contributed by atoms with E-state index in [9.17, 15) is 0 Å². The molecule has 1 radical (unpaired) electrons. The molecule has 0 unspecified atom stereocenters. The predicted molar refractivity (Wildman–Crippen MR) is 249 cm³/mol. The van der Waals surface area contributed by atoms with Crippen molar-refractivity contribution in [1.82, 2.24) is 4.98 Å². The van der Waals surface area contributed by atoms with Gasteiger partial charge in [0.1, 0.15) is 0 Å². The van der Waals surface area contributed by atoms with Crippen LogP contribution in [0.1, 0.15) is 128 Å². The summed E-state index contributed by atoms with van der Waals surface area (Å²) in [6.07, 6.45) is 0. The van der Waals surface area contributed by atoms with Crippen LogP contribution in [0.4, 0.5) is 11.4 Å². The molecule has 59 heavy (non-hydrogen) atoms. The Labute approximate surface area is 407 Å². The normalized spacial score (nSPS) is 12.0. The zero-order valence-corrected chi connectivity index (χ0v) is 43.4. The molecule has 4 aromatic carbocycles. The average Bonchev–Trinajstić information content (AvgIpc) is 3.12. The summed E-state index contributed by atoms with van der Waals surface area (Å²) in [6, 6.07) is 40.6. The first-order valence-electron chi connectivity index (χ1n) is 19.0. The van der Waals surface area contributed by atoms with Crippen LogP contribution in [0.3, 0.4) is 0 Å². The molecule has 5 rings (SSSR count). The van der Waals surface area contributed by atoms with Crippen LogP contribution in [0.2, 0.25) is 0 Å². The van der Waals surface area contributed by atoms with Gasteiger partial charge in [0.15, 0.2) is 0 Å². The first-order chi connectivity index (χ1) is 26.1. The van der Waals surface area contributed by atoms with Crippen LogP contribution >= 0.6 is 46.4 Å². The molecule has 1 heterocycles. The molecule has 5 aromatic rings. The van der Waals surface area contributed by atoms with Crippen LogP contribution in [0.5, 0.6) is 0 Å². The minimum atomic E-state index is -0.0915. The summed E-state index contributed by atoms with van der Waals surface area (Å²) in [4.78, 5) is 16.4. The fourth-order valence-electron chi connectivity index (χ4n) is 6.12. The fraction of sp³-hybridized carbons (Fsp3) is 0.367. The van der Waals surface area contributed by atoms with Crippen molar-refractivity contribution in [3.8, 4) is 0 Å². The number of nitrogens with zero attached hydrogens (tertiary/aromatic N) is 3. The zero-order chi connectivity index (χ0) is 41.9. The quantitative estimate of drug-likeness (QED) is 0.0950. The van der Waals surface area contributed by atoms with Gasteiger partial charge >= 0.3 is 17.1 Å². The van der Waals surface area contributed by atoms with E-state index >= 15 is 0 Å². The Morgan fingerprint density at radius 3 is 1.02 bits per heavy atom. The van der Waals surface area contributed by atoms with E-state index < -0.39 is 0 Å². The minimum absolute atomic E-state index is 0. The van der Waals surface area contributed by atoms with E-state index in [-0.39, 0.29) is 83.4 Å². The van der Waals surface area contributed by atoms with Crippen molar-refractivity contribution < 1.29 is 51.0 Å². The van der Waals surface area contributed by atoms with Crippen LogP contribution in [0, 0.1) is 0 Å². The molecule has 323 valence electrons. The largest absolute Gasteiger partial charge is 2.00 e. The van der Waals surface area contributed by atoms with E-state index in [0.29, 0.717) is 0 Å². The second-order valence-corrected chi connectivity index (χ2v) is 19.3. The first-order valence-corrected chi connectivity index (χ1v) is 21.1. The molecule has 1 aromatic heterocycles. The Balaban J connectivity index is 0.00000352. The van der Waals surface area contributed by atoms with Crippen LogP contribution in [-0.4, -0.2) is 27.1 Å². The zero-order valence-electron chi connectivity index (χ0n) is 36.3. The third-order valence-corrected chi connectivity index (χ3v) is 9.14. The van der Waals surface area contributed by atoms with Gasteiger partial charge < -0.3 is 34.0 Å².